The van der Waals surface area contributed by atoms with E-state index >= 15 is 0 Å². The monoisotopic (exact) mass is 527 g/mol. The molecule has 0 bridgehead atoms. The van der Waals surface area contributed by atoms with Crippen LogP contribution < -0.4 is 14.2 Å². The van der Waals surface area contributed by atoms with E-state index < -0.39 is 22.5 Å². The molecule has 12 heteroatoms. The van der Waals surface area contributed by atoms with Crippen molar-refractivity contribution in [3.8, 4) is 11.5 Å². The van der Waals surface area contributed by atoms with Crippen LogP contribution in [0.5, 0.6) is 11.5 Å². The molecule has 0 unspecified atom stereocenters. The third kappa shape index (κ3) is 8.37. The molecule has 9 nitrogen and oxygen atoms in total. The number of hydrogen-bond donors (Lipinski definition) is 1. The Kier molecular flexibility index (Phi) is 8.92. The quantitative estimate of drug-likeness (QED) is 0.532. The molecule has 3 rings (SSSR count). The van der Waals surface area contributed by atoms with Gasteiger partial charge in [0.1, 0.15) is 5.82 Å². The molecule has 1 fully saturated rings. The fourth-order valence-electron chi connectivity index (χ4n) is 3.71. The molecular formula is C23H27ClFN3O6S. The topological polar surface area (TPSA) is 105 Å². The van der Waals surface area contributed by atoms with Gasteiger partial charge in [-0.25, -0.2) is 12.8 Å². The van der Waals surface area contributed by atoms with Crippen molar-refractivity contribution >= 4 is 33.4 Å². The molecule has 0 saturated carbocycles. The Hall–Kier alpha value is -2.89. The summed E-state index contributed by atoms with van der Waals surface area (Å²) in [5, 5.41) is 0.313. The Morgan fingerprint density at radius 1 is 1.09 bits per heavy atom. The number of rotatable bonds is 9. The second-order valence-electron chi connectivity index (χ2n) is 8.26. The zero-order valence-corrected chi connectivity index (χ0v) is 20.9. The summed E-state index contributed by atoms with van der Waals surface area (Å²) in [6.07, 6.45) is 0.855. The average Bonchev–Trinajstić information content (AvgIpc) is 2.77. The van der Waals surface area contributed by atoms with Gasteiger partial charge in [0.2, 0.25) is 10.0 Å². The van der Waals surface area contributed by atoms with E-state index in [0.29, 0.717) is 31.2 Å². The van der Waals surface area contributed by atoms with Crippen LogP contribution in [0, 0.1) is 5.82 Å². The highest BCUT2D eigenvalue weighted by atomic mass is 35.5. The maximum Gasteiger partial charge on any atom is 0.271 e. The number of nitrogens with one attached hydrogen (secondary N) is 1. The van der Waals surface area contributed by atoms with E-state index in [1.165, 1.54) is 24.3 Å². The summed E-state index contributed by atoms with van der Waals surface area (Å²) in [7, 11) is -3.71. The highest BCUT2D eigenvalue weighted by Gasteiger charge is 2.28. The maximum atomic E-state index is 13.1. The lowest BCUT2D eigenvalue weighted by Crippen LogP contribution is -2.54. The predicted octanol–water partition coefficient (Wildman–Crippen LogP) is 2.05. The van der Waals surface area contributed by atoms with Gasteiger partial charge in [0, 0.05) is 43.3 Å². The summed E-state index contributed by atoms with van der Waals surface area (Å²) >= 11 is 5.99. The first-order valence-corrected chi connectivity index (χ1v) is 13.1. The third-order valence-corrected chi connectivity index (χ3v) is 6.10. The van der Waals surface area contributed by atoms with Gasteiger partial charge in [0.05, 0.1) is 6.26 Å². The van der Waals surface area contributed by atoms with Gasteiger partial charge in [-0.2, -0.15) is 0 Å². The molecule has 0 aliphatic carbocycles. The minimum Gasteiger partial charge on any atom is -0.480 e. The van der Waals surface area contributed by atoms with Crippen molar-refractivity contribution in [2.75, 3.05) is 39.1 Å². The summed E-state index contributed by atoms with van der Waals surface area (Å²) in [5.74, 6) is -1.05. The highest BCUT2D eigenvalue weighted by molar-refractivity contribution is 7.89. The van der Waals surface area contributed by atoms with Gasteiger partial charge in [-0.15, -0.1) is 0 Å². The molecule has 2 aromatic rings. The number of amides is 2. The normalized spacial score (nSPS) is 16.6. The van der Waals surface area contributed by atoms with Crippen LogP contribution in [0.4, 0.5) is 4.39 Å². The molecule has 1 saturated heterocycles. The van der Waals surface area contributed by atoms with Crippen molar-refractivity contribution in [1.82, 2.24) is 14.5 Å². The number of carbonyl (C=O) groups excluding carboxylic acids is 2. The van der Waals surface area contributed by atoms with E-state index in [1.54, 1.807) is 27.8 Å². The standard InChI is InChI=1S/C23H27ClFN3O6S/c1-16-12-27(13-17-3-6-19(25)7-4-17)9-10-28(16)23(30)15-34-20-8-5-18(24)11-21(20)33-14-22(29)26-35(2,31)32/h3-8,11,16H,9-10,12-15H2,1-2H3,(H,26,29)/t16-/m1/s1. The molecule has 190 valence electrons. The molecule has 1 heterocycles. The van der Waals surface area contributed by atoms with Crippen LogP contribution in [0.2, 0.25) is 5.02 Å². The number of hydrogen-bond acceptors (Lipinski definition) is 7. The van der Waals surface area contributed by atoms with Crippen molar-refractivity contribution < 1.29 is 31.9 Å². The zero-order chi connectivity index (χ0) is 25.6. The third-order valence-electron chi connectivity index (χ3n) is 5.27. The van der Waals surface area contributed by atoms with Crippen LogP contribution in [-0.2, 0) is 26.2 Å². The van der Waals surface area contributed by atoms with E-state index in [1.807, 2.05) is 6.92 Å². The number of nitrogens with zero attached hydrogens (tertiary/aromatic N) is 2. The first-order valence-electron chi connectivity index (χ1n) is 10.8. The first kappa shape index (κ1) is 26.7. The van der Waals surface area contributed by atoms with Gasteiger partial charge in [0.15, 0.2) is 24.7 Å². The molecule has 1 atom stereocenters. The van der Waals surface area contributed by atoms with Crippen LogP contribution in [0.1, 0.15) is 12.5 Å². The summed E-state index contributed by atoms with van der Waals surface area (Å²) < 4.78 is 48.2. The van der Waals surface area contributed by atoms with Gasteiger partial charge >= 0.3 is 0 Å². The molecule has 2 amide bonds. The van der Waals surface area contributed by atoms with Crippen molar-refractivity contribution in [2.45, 2.75) is 19.5 Å². The second-order valence-corrected chi connectivity index (χ2v) is 10.4. The molecule has 1 N–H and O–H groups in total. The van der Waals surface area contributed by atoms with E-state index in [0.717, 1.165) is 11.8 Å². The molecule has 1 aliphatic rings. The number of benzene rings is 2. The van der Waals surface area contributed by atoms with E-state index in [4.69, 9.17) is 21.1 Å². The Labute approximate surface area is 208 Å². The fourth-order valence-corrected chi connectivity index (χ4v) is 4.35. The molecular weight excluding hydrogens is 501 g/mol. The van der Waals surface area contributed by atoms with Gasteiger partial charge in [-0.1, -0.05) is 23.7 Å². The maximum absolute atomic E-state index is 13.1. The Bertz CT molecular complexity index is 1160. The van der Waals surface area contributed by atoms with Crippen LogP contribution in [-0.4, -0.2) is 75.2 Å². The Morgan fingerprint density at radius 2 is 1.77 bits per heavy atom. The number of sulfonamides is 1. The Balaban J connectivity index is 1.53. The molecule has 0 radical (unpaired) electrons. The number of piperazine rings is 1. The van der Waals surface area contributed by atoms with Crippen LogP contribution in [0.25, 0.3) is 0 Å². The van der Waals surface area contributed by atoms with Crippen molar-refractivity contribution in [2.24, 2.45) is 0 Å². The van der Waals surface area contributed by atoms with E-state index in [2.05, 4.69) is 4.90 Å². The lowest BCUT2D eigenvalue weighted by molar-refractivity contribution is -0.138. The molecule has 35 heavy (non-hydrogen) atoms. The van der Waals surface area contributed by atoms with Crippen LogP contribution >= 0.6 is 11.6 Å². The van der Waals surface area contributed by atoms with Gasteiger partial charge in [-0.3, -0.25) is 19.2 Å². The van der Waals surface area contributed by atoms with Gasteiger partial charge < -0.3 is 14.4 Å². The first-order chi connectivity index (χ1) is 16.5. The van der Waals surface area contributed by atoms with Crippen LogP contribution in [0.15, 0.2) is 42.5 Å². The summed E-state index contributed by atoms with van der Waals surface area (Å²) in [6.45, 7) is 3.63. The minimum absolute atomic E-state index is 0.0547. The number of ether oxygens (including phenoxy) is 2. The molecule has 0 aromatic heterocycles. The van der Waals surface area contributed by atoms with Crippen molar-refractivity contribution in [1.29, 1.82) is 0 Å². The van der Waals surface area contributed by atoms with Crippen molar-refractivity contribution in [3.05, 3.63) is 58.9 Å². The lowest BCUT2D eigenvalue weighted by Gasteiger charge is -2.39. The number of halogens is 2. The highest BCUT2D eigenvalue weighted by Crippen LogP contribution is 2.30. The van der Waals surface area contributed by atoms with Gasteiger partial charge in [0.25, 0.3) is 11.8 Å². The second kappa shape index (κ2) is 11.7. The fraction of sp³-hybridized carbons (Fsp3) is 0.391. The predicted molar refractivity (Wildman–Crippen MR) is 128 cm³/mol. The van der Waals surface area contributed by atoms with E-state index in [9.17, 15) is 22.4 Å². The van der Waals surface area contributed by atoms with Crippen LogP contribution in [0.3, 0.4) is 0 Å². The summed E-state index contributed by atoms with van der Waals surface area (Å²) in [4.78, 5) is 28.5. The largest absolute Gasteiger partial charge is 0.480 e. The van der Waals surface area contributed by atoms with Crippen molar-refractivity contribution in [3.63, 3.8) is 0 Å². The average molecular weight is 528 g/mol. The zero-order valence-electron chi connectivity index (χ0n) is 19.4. The molecule has 0 spiro atoms. The van der Waals surface area contributed by atoms with Gasteiger partial charge in [-0.05, 0) is 36.8 Å². The van der Waals surface area contributed by atoms with E-state index in [-0.39, 0.29) is 35.9 Å². The SMILES string of the molecule is C[C@@H]1CN(Cc2ccc(F)cc2)CCN1C(=O)COc1ccc(Cl)cc1OCC(=O)NS(C)(=O)=O. The summed E-state index contributed by atoms with van der Waals surface area (Å²) in [5.41, 5.74) is 1.00. The Morgan fingerprint density at radius 3 is 2.43 bits per heavy atom. The lowest BCUT2D eigenvalue weighted by atomic mass is 10.1. The smallest absolute Gasteiger partial charge is 0.271 e. The minimum atomic E-state index is -3.71. The molecule has 1 aliphatic heterocycles. The number of carbonyl (C=O) groups is 2. The summed E-state index contributed by atoms with van der Waals surface area (Å²) in [6, 6.07) is 10.8. The molecule has 2 aromatic carbocycles.